The van der Waals surface area contributed by atoms with Crippen molar-refractivity contribution in [1.82, 2.24) is 10.2 Å². The molecule has 0 bridgehead atoms. The molecule has 1 aromatic heterocycles. The molecule has 0 saturated carbocycles. The second-order valence-corrected chi connectivity index (χ2v) is 0.958. The van der Waals surface area contributed by atoms with Gasteiger partial charge in [-0.2, -0.15) is 0 Å². The van der Waals surface area contributed by atoms with Gasteiger partial charge in [0, 0.05) is 6.92 Å². The van der Waals surface area contributed by atoms with Gasteiger partial charge in [-0.05, 0) is 0 Å². The maximum Gasteiger partial charge on any atom is 0.213 e. The molecule has 0 aromatic carbocycles. The molecule has 1 rings (SSSR count). The van der Waals surface area contributed by atoms with Crippen LogP contribution in [0, 0.1) is 6.92 Å². The summed E-state index contributed by atoms with van der Waals surface area (Å²) in [6.07, 6.45) is 1.30. The fourth-order valence-electron chi connectivity index (χ4n) is 0.228. The van der Waals surface area contributed by atoms with E-state index in [1.165, 1.54) is 6.39 Å². The van der Waals surface area contributed by atoms with Gasteiger partial charge in [-0.3, -0.25) is 0 Å². The first-order valence-electron chi connectivity index (χ1n) is 2.62. The molecule has 0 amide bonds. The van der Waals surface area contributed by atoms with E-state index in [4.69, 9.17) is 0 Å². The molecule has 0 aliphatic heterocycles. The SMILES string of the molecule is CC.Cc1nnco1. The first-order valence-corrected chi connectivity index (χ1v) is 2.62. The molecule has 3 heteroatoms. The zero-order chi connectivity index (χ0) is 6.41. The summed E-state index contributed by atoms with van der Waals surface area (Å²) in [6.45, 7) is 5.74. The predicted molar refractivity (Wildman–Crippen MR) is 30.4 cm³/mol. The van der Waals surface area contributed by atoms with Crippen molar-refractivity contribution >= 4 is 0 Å². The Hall–Kier alpha value is -0.860. The second-order valence-electron chi connectivity index (χ2n) is 0.958. The molecule has 3 nitrogen and oxygen atoms in total. The van der Waals surface area contributed by atoms with Crippen molar-refractivity contribution in [2.24, 2.45) is 0 Å². The zero-order valence-corrected chi connectivity index (χ0v) is 5.38. The van der Waals surface area contributed by atoms with Crippen molar-refractivity contribution in [3.8, 4) is 0 Å². The molecule has 46 valence electrons. The number of hydrogen-bond acceptors (Lipinski definition) is 3. The molecule has 0 aliphatic carbocycles. The van der Waals surface area contributed by atoms with E-state index < -0.39 is 0 Å². The van der Waals surface area contributed by atoms with E-state index in [1.54, 1.807) is 6.92 Å². The lowest BCUT2D eigenvalue weighted by atomic mass is 10.8. The summed E-state index contributed by atoms with van der Waals surface area (Å²) in [6, 6.07) is 0. The molecule has 0 spiro atoms. The summed E-state index contributed by atoms with van der Waals surface area (Å²) < 4.78 is 4.61. The number of aromatic nitrogens is 2. The number of hydrogen-bond donors (Lipinski definition) is 0. The van der Waals surface area contributed by atoms with Gasteiger partial charge in [0.2, 0.25) is 12.3 Å². The Morgan fingerprint density at radius 3 is 2.25 bits per heavy atom. The Balaban J connectivity index is 0.000000222. The lowest BCUT2D eigenvalue weighted by Crippen LogP contribution is -1.65. The maximum atomic E-state index is 4.61. The van der Waals surface area contributed by atoms with Crippen LogP contribution in [0.3, 0.4) is 0 Å². The van der Waals surface area contributed by atoms with Crippen LogP contribution >= 0.6 is 0 Å². The molecule has 8 heavy (non-hydrogen) atoms. The highest BCUT2D eigenvalue weighted by Crippen LogP contribution is 1.82. The van der Waals surface area contributed by atoms with Crippen molar-refractivity contribution < 1.29 is 4.42 Å². The van der Waals surface area contributed by atoms with Crippen LogP contribution in [-0.2, 0) is 0 Å². The van der Waals surface area contributed by atoms with Gasteiger partial charge in [0.25, 0.3) is 0 Å². The predicted octanol–water partition coefficient (Wildman–Crippen LogP) is 1.40. The summed E-state index contributed by atoms with van der Waals surface area (Å²) in [5, 5.41) is 6.91. The van der Waals surface area contributed by atoms with E-state index in [-0.39, 0.29) is 0 Å². The van der Waals surface area contributed by atoms with Gasteiger partial charge in [-0.25, -0.2) is 0 Å². The van der Waals surface area contributed by atoms with Gasteiger partial charge in [0.1, 0.15) is 0 Å². The van der Waals surface area contributed by atoms with Crippen LogP contribution in [-0.4, -0.2) is 10.2 Å². The summed E-state index contributed by atoms with van der Waals surface area (Å²) in [5.41, 5.74) is 0. The lowest BCUT2D eigenvalue weighted by Gasteiger charge is -1.63. The summed E-state index contributed by atoms with van der Waals surface area (Å²) in [4.78, 5) is 0. The minimum absolute atomic E-state index is 0.606. The van der Waals surface area contributed by atoms with E-state index in [2.05, 4.69) is 14.6 Å². The number of aryl methyl sites for hydroxylation is 1. The summed E-state index contributed by atoms with van der Waals surface area (Å²) >= 11 is 0. The van der Waals surface area contributed by atoms with Gasteiger partial charge in [0.05, 0.1) is 0 Å². The maximum absolute atomic E-state index is 4.61. The van der Waals surface area contributed by atoms with Crippen LogP contribution < -0.4 is 0 Å². The topological polar surface area (TPSA) is 38.9 Å². The van der Waals surface area contributed by atoms with Crippen molar-refractivity contribution in [3.05, 3.63) is 12.3 Å². The van der Waals surface area contributed by atoms with E-state index in [0.717, 1.165) is 0 Å². The van der Waals surface area contributed by atoms with Gasteiger partial charge in [-0.15, -0.1) is 10.2 Å². The van der Waals surface area contributed by atoms with Crippen LogP contribution in [0.2, 0.25) is 0 Å². The van der Waals surface area contributed by atoms with Crippen LogP contribution in [0.4, 0.5) is 0 Å². The molecule has 0 unspecified atom stereocenters. The molecule has 0 saturated heterocycles. The third-order valence-corrected chi connectivity index (χ3v) is 0.469. The monoisotopic (exact) mass is 114 g/mol. The highest BCUT2D eigenvalue weighted by atomic mass is 16.4. The molecular formula is C5H10N2O. The molecule has 0 atom stereocenters. The normalized spacial score (nSPS) is 7.38. The average molecular weight is 114 g/mol. The fraction of sp³-hybridized carbons (Fsp3) is 0.600. The van der Waals surface area contributed by atoms with Gasteiger partial charge >= 0.3 is 0 Å². The van der Waals surface area contributed by atoms with Crippen LogP contribution in [0.5, 0.6) is 0 Å². The van der Waals surface area contributed by atoms with Crippen LogP contribution in [0.15, 0.2) is 10.8 Å². The van der Waals surface area contributed by atoms with Gasteiger partial charge in [-0.1, -0.05) is 13.8 Å². The molecule has 0 aliphatic rings. The third-order valence-electron chi connectivity index (χ3n) is 0.469. The summed E-state index contributed by atoms with van der Waals surface area (Å²) in [7, 11) is 0. The summed E-state index contributed by atoms with van der Waals surface area (Å²) in [5.74, 6) is 0.606. The zero-order valence-electron chi connectivity index (χ0n) is 5.38. The highest BCUT2D eigenvalue weighted by Gasteiger charge is 1.79. The minimum Gasteiger partial charge on any atom is -0.428 e. The fourth-order valence-corrected chi connectivity index (χ4v) is 0.228. The highest BCUT2D eigenvalue weighted by molar-refractivity contribution is 4.60. The standard InChI is InChI=1S/C3H4N2O.C2H6/c1-3-5-4-2-6-3;1-2/h2H,1H3;1-2H3. The van der Waals surface area contributed by atoms with Crippen molar-refractivity contribution in [1.29, 1.82) is 0 Å². The smallest absolute Gasteiger partial charge is 0.213 e. The minimum atomic E-state index is 0.606. The van der Waals surface area contributed by atoms with Crippen molar-refractivity contribution in [2.45, 2.75) is 20.8 Å². The van der Waals surface area contributed by atoms with Crippen molar-refractivity contribution in [3.63, 3.8) is 0 Å². The van der Waals surface area contributed by atoms with Crippen LogP contribution in [0.1, 0.15) is 19.7 Å². The largest absolute Gasteiger partial charge is 0.428 e. The van der Waals surface area contributed by atoms with Gasteiger partial charge < -0.3 is 4.42 Å². The Bertz CT molecular complexity index is 114. The molecule has 0 N–H and O–H groups in total. The molecular weight excluding hydrogens is 104 g/mol. The molecule has 0 radical (unpaired) electrons. The first-order chi connectivity index (χ1) is 3.89. The second kappa shape index (κ2) is 4.30. The van der Waals surface area contributed by atoms with Gasteiger partial charge in [0.15, 0.2) is 0 Å². The van der Waals surface area contributed by atoms with Crippen LogP contribution in [0.25, 0.3) is 0 Å². The van der Waals surface area contributed by atoms with E-state index in [0.29, 0.717) is 5.89 Å². The Morgan fingerprint density at radius 1 is 1.50 bits per heavy atom. The Morgan fingerprint density at radius 2 is 2.12 bits per heavy atom. The van der Waals surface area contributed by atoms with E-state index in [1.807, 2.05) is 13.8 Å². The lowest BCUT2D eigenvalue weighted by molar-refractivity contribution is 0.518. The number of rotatable bonds is 0. The molecule has 0 fully saturated rings. The number of nitrogens with zero attached hydrogens (tertiary/aromatic N) is 2. The first kappa shape index (κ1) is 7.14. The van der Waals surface area contributed by atoms with Crippen molar-refractivity contribution in [2.75, 3.05) is 0 Å². The average Bonchev–Trinajstić information content (AvgIpc) is 2.24. The Kier molecular flexibility index (Phi) is 3.84. The van der Waals surface area contributed by atoms with E-state index >= 15 is 0 Å². The Labute approximate surface area is 48.7 Å². The molecule has 1 heterocycles. The quantitative estimate of drug-likeness (QED) is 0.511. The third kappa shape index (κ3) is 2.34. The van der Waals surface area contributed by atoms with E-state index in [9.17, 15) is 0 Å². The molecule has 1 aromatic rings.